The van der Waals surface area contributed by atoms with E-state index < -0.39 is 5.97 Å². The summed E-state index contributed by atoms with van der Waals surface area (Å²) in [6.07, 6.45) is 2.52. The Hall–Kier alpha value is -2.49. The summed E-state index contributed by atoms with van der Waals surface area (Å²) in [5.74, 6) is 0.785. The molecular formula is C25H35IN4O3. The van der Waals surface area contributed by atoms with Crippen molar-refractivity contribution in [3.05, 3.63) is 59.2 Å². The lowest BCUT2D eigenvalue weighted by molar-refractivity contribution is 0.0597. The molecule has 0 spiro atoms. The van der Waals surface area contributed by atoms with Gasteiger partial charge >= 0.3 is 5.97 Å². The average Bonchev–Trinajstić information content (AvgIpc) is 3.37. The van der Waals surface area contributed by atoms with E-state index >= 15 is 0 Å². The molecule has 0 bridgehead atoms. The van der Waals surface area contributed by atoms with E-state index in [9.17, 15) is 4.79 Å². The molecule has 1 unspecified atom stereocenters. The minimum Gasteiger partial charge on any atom is -0.496 e. The topological polar surface area (TPSA) is 75.2 Å². The van der Waals surface area contributed by atoms with Gasteiger partial charge < -0.3 is 25.0 Å². The number of methoxy groups -OCH3 is 2. The quantitative estimate of drug-likeness (QED) is 0.212. The van der Waals surface area contributed by atoms with Gasteiger partial charge in [0, 0.05) is 25.3 Å². The lowest BCUT2D eigenvalue weighted by Crippen LogP contribution is -2.38. The van der Waals surface area contributed by atoms with E-state index in [2.05, 4.69) is 46.7 Å². The van der Waals surface area contributed by atoms with Gasteiger partial charge in [-0.2, -0.15) is 0 Å². The number of esters is 1. The van der Waals surface area contributed by atoms with E-state index in [1.165, 1.54) is 38.3 Å². The van der Waals surface area contributed by atoms with Crippen LogP contribution < -0.4 is 20.3 Å². The van der Waals surface area contributed by atoms with Crippen molar-refractivity contribution in [3.8, 4) is 5.75 Å². The molecule has 3 rings (SSSR count). The lowest BCUT2D eigenvalue weighted by Gasteiger charge is -2.22. The number of nitrogens with zero attached hydrogens (tertiary/aromatic N) is 2. The van der Waals surface area contributed by atoms with Crippen LogP contribution in [-0.2, 0) is 11.3 Å². The van der Waals surface area contributed by atoms with E-state index in [-0.39, 0.29) is 30.0 Å². The van der Waals surface area contributed by atoms with Crippen molar-refractivity contribution in [1.29, 1.82) is 0 Å². The molecule has 1 aliphatic rings. The van der Waals surface area contributed by atoms with Crippen molar-refractivity contribution in [1.82, 2.24) is 10.6 Å². The van der Waals surface area contributed by atoms with Gasteiger partial charge in [0.2, 0.25) is 0 Å². The van der Waals surface area contributed by atoms with Crippen LogP contribution in [0.1, 0.15) is 54.2 Å². The molecular weight excluding hydrogens is 531 g/mol. The first-order valence-corrected chi connectivity index (χ1v) is 11.2. The SMILES string of the molecule is CCNC(=NCc1ccc(OC)c(C(=O)OC)c1)NC(C)c1cccc(N2CCCC2)c1.I. The Bertz CT molecular complexity index is 945. The third-order valence-electron chi connectivity index (χ3n) is 5.63. The number of carbonyl (C=O) groups excluding carboxylic acids is 1. The van der Waals surface area contributed by atoms with Crippen molar-refractivity contribution in [2.75, 3.05) is 38.8 Å². The van der Waals surface area contributed by atoms with Gasteiger partial charge in [0.25, 0.3) is 0 Å². The summed E-state index contributed by atoms with van der Waals surface area (Å²) in [5.41, 5.74) is 3.79. The fourth-order valence-electron chi connectivity index (χ4n) is 3.87. The van der Waals surface area contributed by atoms with Crippen LogP contribution >= 0.6 is 24.0 Å². The number of hydrogen-bond acceptors (Lipinski definition) is 5. The number of halogens is 1. The Morgan fingerprint density at radius 3 is 2.58 bits per heavy atom. The van der Waals surface area contributed by atoms with Gasteiger partial charge in [0.05, 0.1) is 26.8 Å². The highest BCUT2D eigenvalue weighted by Crippen LogP contribution is 2.24. The smallest absolute Gasteiger partial charge is 0.341 e. The van der Waals surface area contributed by atoms with E-state index in [1.807, 2.05) is 13.0 Å². The summed E-state index contributed by atoms with van der Waals surface area (Å²) in [6, 6.07) is 14.2. The zero-order valence-corrected chi connectivity index (χ0v) is 22.2. The molecule has 0 aromatic heterocycles. The average molecular weight is 566 g/mol. The largest absolute Gasteiger partial charge is 0.496 e. The summed E-state index contributed by atoms with van der Waals surface area (Å²) in [7, 11) is 2.90. The molecule has 1 atom stereocenters. The normalized spacial score (nSPS) is 14.3. The second-order valence-electron chi connectivity index (χ2n) is 7.88. The van der Waals surface area contributed by atoms with Crippen molar-refractivity contribution in [2.24, 2.45) is 4.99 Å². The molecule has 0 radical (unpaired) electrons. The van der Waals surface area contributed by atoms with Gasteiger partial charge in [-0.3, -0.25) is 0 Å². The Morgan fingerprint density at radius 2 is 1.91 bits per heavy atom. The van der Waals surface area contributed by atoms with Gasteiger partial charge in [0.15, 0.2) is 5.96 Å². The molecule has 1 fully saturated rings. The van der Waals surface area contributed by atoms with E-state index in [0.29, 0.717) is 17.9 Å². The maximum absolute atomic E-state index is 12.0. The number of aliphatic imine (C=N–C) groups is 1. The van der Waals surface area contributed by atoms with Crippen LogP contribution in [0.25, 0.3) is 0 Å². The minimum atomic E-state index is -0.427. The first-order valence-electron chi connectivity index (χ1n) is 11.2. The van der Waals surface area contributed by atoms with Crippen LogP contribution in [0.4, 0.5) is 5.69 Å². The second-order valence-corrected chi connectivity index (χ2v) is 7.88. The molecule has 2 N–H and O–H groups in total. The Kier molecular flexibility index (Phi) is 10.8. The van der Waals surface area contributed by atoms with Gasteiger partial charge in [0.1, 0.15) is 11.3 Å². The lowest BCUT2D eigenvalue weighted by atomic mass is 10.1. The number of guanidine groups is 1. The predicted octanol–water partition coefficient (Wildman–Crippen LogP) is 4.52. The van der Waals surface area contributed by atoms with Crippen molar-refractivity contribution >= 4 is 41.6 Å². The van der Waals surface area contributed by atoms with Crippen LogP contribution in [0.5, 0.6) is 5.75 Å². The number of rotatable bonds is 8. The van der Waals surface area contributed by atoms with Crippen molar-refractivity contribution in [3.63, 3.8) is 0 Å². The molecule has 1 aliphatic heterocycles. The third-order valence-corrected chi connectivity index (χ3v) is 5.63. The van der Waals surface area contributed by atoms with Crippen molar-refractivity contribution < 1.29 is 14.3 Å². The van der Waals surface area contributed by atoms with E-state index in [0.717, 1.165) is 31.2 Å². The van der Waals surface area contributed by atoms with Gasteiger partial charge in [-0.1, -0.05) is 18.2 Å². The Labute approximate surface area is 214 Å². The van der Waals surface area contributed by atoms with Gasteiger partial charge in [-0.05, 0) is 62.1 Å². The first kappa shape index (κ1) is 26.8. The summed E-state index contributed by atoms with van der Waals surface area (Å²) >= 11 is 0. The van der Waals surface area contributed by atoms with Crippen LogP contribution in [0.3, 0.4) is 0 Å². The van der Waals surface area contributed by atoms with Crippen LogP contribution in [0, 0.1) is 0 Å². The van der Waals surface area contributed by atoms with Crippen LogP contribution in [-0.4, -0.2) is 45.8 Å². The Balaban J connectivity index is 0.00000385. The zero-order chi connectivity index (χ0) is 22.9. The summed E-state index contributed by atoms with van der Waals surface area (Å²) in [6.45, 7) is 7.61. The number of hydrogen-bond donors (Lipinski definition) is 2. The molecule has 2 aromatic rings. The standard InChI is InChI=1S/C25H34N4O3.HI/c1-5-26-25(27-17-19-11-12-23(31-3)22(15-19)24(30)32-4)28-18(2)20-9-8-10-21(16-20)29-13-6-7-14-29;/h8-12,15-16,18H,5-7,13-14,17H2,1-4H3,(H2,26,27,28);1H. The molecule has 8 heteroatoms. The molecule has 0 amide bonds. The van der Waals surface area contributed by atoms with Crippen molar-refractivity contribution in [2.45, 2.75) is 39.3 Å². The molecule has 1 heterocycles. The number of ether oxygens (including phenoxy) is 2. The summed E-state index contributed by atoms with van der Waals surface area (Å²) in [5, 5.41) is 6.80. The number of anilines is 1. The molecule has 7 nitrogen and oxygen atoms in total. The predicted molar refractivity (Wildman–Crippen MR) is 144 cm³/mol. The van der Waals surface area contributed by atoms with Crippen LogP contribution in [0.2, 0.25) is 0 Å². The first-order chi connectivity index (χ1) is 15.5. The Morgan fingerprint density at radius 1 is 1.15 bits per heavy atom. The highest BCUT2D eigenvalue weighted by atomic mass is 127. The number of carbonyl (C=O) groups is 1. The molecule has 33 heavy (non-hydrogen) atoms. The second kappa shape index (κ2) is 13.3. The van der Waals surface area contributed by atoms with Gasteiger partial charge in [-0.15, -0.1) is 24.0 Å². The molecule has 0 aliphatic carbocycles. The van der Waals surface area contributed by atoms with Crippen LogP contribution in [0.15, 0.2) is 47.5 Å². The zero-order valence-electron chi connectivity index (χ0n) is 19.9. The minimum absolute atomic E-state index is 0. The molecule has 0 saturated carbocycles. The fraction of sp³-hybridized carbons (Fsp3) is 0.440. The highest BCUT2D eigenvalue weighted by molar-refractivity contribution is 14.0. The maximum Gasteiger partial charge on any atom is 0.341 e. The summed E-state index contributed by atoms with van der Waals surface area (Å²) < 4.78 is 10.1. The van der Waals surface area contributed by atoms with E-state index in [4.69, 9.17) is 14.5 Å². The number of nitrogens with one attached hydrogen (secondary N) is 2. The van der Waals surface area contributed by atoms with E-state index in [1.54, 1.807) is 12.1 Å². The molecule has 1 saturated heterocycles. The molecule has 180 valence electrons. The number of benzene rings is 2. The molecule has 2 aromatic carbocycles. The third kappa shape index (κ3) is 7.25. The highest BCUT2D eigenvalue weighted by Gasteiger charge is 2.15. The monoisotopic (exact) mass is 566 g/mol. The fourth-order valence-corrected chi connectivity index (χ4v) is 3.87. The summed E-state index contributed by atoms with van der Waals surface area (Å²) in [4.78, 5) is 19.2. The van der Waals surface area contributed by atoms with Gasteiger partial charge in [-0.25, -0.2) is 9.79 Å². The maximum atomic E-state index is 12.0.